The van der Waals surface area contributed by atoms with Crippen molar-refractivity contribution in [2.75, 3.05) is 32.1 Å². The molecule has 2 aromatic rings. The van der Waals surface area contributed by atoms with Gasteiger partial charge in [0.2, 0.25) is 0 Å². The van der Waals surface area contributed by atoms with Gasteiger partial charge in [0.15, 0.2) is 0 Å². The lowest BCUT2D eigenvalue weighted by atomic mass is 9.91. The zero-order chi connectivity index (χ0) is 19.6. The van der Waals surface area contributed by atoms with E-state index in [0.717, 1.165) is 23.5 Å². The Morgan fingerprint density at radius 2 is 1.93 bits per heavy atom. The smallest absolute Gasteiger partial charge is 0.322 e. The lowest BCUT2D eigenvalue weighted by molar-refractivity contribution is 0.236. The van der Waals surface area contributed by atoms with E-state index >= 15 is 0 Å². The largest absolute Gasteiger partial charge is 0.336 e. The number of pyridine rings is 1. The number of amides is 2. The zero-order valence-corrected chi connectivity index (χ0v) is 17.0. The Morgan fingerprint density at radius 1 is 1.22 bits per heavy atom. The molecule has 0 saturated carbocycles. The van der Waals surface area contributed by atoms with Gasteiger partial charge in [-0.1, -0.05) is 44.2 Å². The average molecular weight is 367 g/mol. The Balaban J connectivity index is 1.68. The third-order valence-electron chi connectivity index (χ3n) is 5.28. The van der Waals surface area contributed by atoms with Gasteiger partial charge in [-0.2, -0.15) is 0 Å². The fourth-order valence-corrected chi connectivity index (χ4v) is 3.63. The number of carbonyl (C=O) groups excluding carboxylic acids is 1. The van der Waals surface area contributed by atoms with Crippen LogP contribution in [0.2, 0.25) is 0 Å². The number of hydrogen-bond donors (Lipinski definition) is 1. The predicted octanol–water partition coefficient (Wildman–Crippen LogP) is 3.37. The molecule has 5 heteroatoms. The Morgan fingerprint density at radius 3 is 2.59 bits per heavy atom. The van der Waals surface area contributed by atoms with Gasteiger partial charge in [-0.05, 0) is 45.1 Å². The first kappa shape index (κ1) is 19.4. The van der Waals surface area contributed by atoms with Crippen LogP contribution in [-0.4, -0.2) is 49.1 Å². The Bertz CT molecular complexity index is 801. The van der Waals surface area contributed by atoms with E-state index in [1.54, 1.807) is 0 Å². The molecule has 1 aromatic heterocycles. The van der Waals surface area contributed by atoms with Gasteiger partial charge in [0, 0.05) is 30.2 Å². The van der Waals surface area contributed by atoms with E-state index in [9.17, 15) is 4.79 Å². The molecule has 1 N–H and O–H groups in total. The van der Waals surface area contributed by atoms with Gasteiger partial charge < -0.3 is 10.2 Å². The highest BCUT2D eigenvalue weighted by Gasteiger charge is 2.39. The molecule has 0 radical (unpaired) electrons. The van der Waals surface area contributed by atoms with Crippen molar-refractivity contribution < 1.29 is 4.79 Å². The number of nitrogens with zero attached hydrogens (tertiary/aromatic N) is 3. The molecule has 2 heterocycles. The van der Waals surface area contributed by atoms with E-state index in [1.165, 1.54) is 5.56 Å². The summed E-state index contributed by atoms with van der Waals surface area (Å²) in [5.74, 6) is 0. The highest BCUT2D eigenvalue weighted by atomic mass is 16.2. The third-order valence-corrected chi connectivity index (χ3v) is 5.28. The molecule has 0 fully saturated rings. The molecule has 0 saturated heterocycles. The second-order valence-corrected chi connectivity index (χ2v) is 8.28. The number of likely N-dealkylation sites (N-methyl/N-ethyl adjacent to an activating group) is 1. The van der Waals surface area contributed by atoms with Crippen LogP contribution in [0.5, 0.6) is 0 Å². The molecule has 1 atom stereocenters. The van der Waals surface area contributed by atoms with Crippen molar-refractivity contribution in [1.82, 2.24) is 15.2 Å². The van der Waals surface area contributed by atoms with Gasteiger partial charge >= 0.3 is 6.03 Å². The summed E-state index contributed by atoms with van der Waals surface area (Å²) in [6.45, 7) is 7.53. The number of rotatable bonds is 5. The van der Waals surface area contributed by atoms with Crippen molar-refractivity contribution in [1.29, 1.82) is 0 Å². The summed E-state index contributed by atoms with van der Waals surface area (Å²) in [4.78, 5) is 21.6. The summed E-state index contributed by atoms with van der Waals surface area (Å²) in [6, 6.07) is 14.6. The maximum absolute atomic E-state index is 12.9. The molecule has 0 bridgehead atoms. The summed E-state index contributed by atoms with van der Waals surface area (Å²) >= 11 is 0. The molecule has 1 aliphatic rings. The van der Waals surface area contributed by atoms with E-state index in [0.29, 0.717) is 13.1 Å². The SMILES string of the molecule is Cc1ccc2c(n1)C(C)(C)CN2C(=O)NC[C@H](Cc1ccccc1)N(C)C. The molecule has 1 aliphatic heterocycles. The number of benzene rings is 1. The summed E-state index contributed by atoms with van der Waals surface area (Å²) in [7, 11) is 4.11. The molecule has 2 amide bonds. The first-order valence-corrected chi connectivity index (χ1v) is 9.52. The molecule has 1 aromatic carbocycles. The van der Waals surface area contributed by atoms with Crippen LogP contribution in [0.1, 0.15) is 30.8 Å². The minimum atomic E-state index is -0.135. The maximum Gasteiger partial charge on any atom is 0.322 e. The first-order chi connectivity index (χ1) is 12.8. The normalized spacial score (nSPS) is 16.3. The highest BCUT2D eigenvalue weighted by molar-refractivity contribution is 5.94. The Hall–Kier alpha value is -2.40. The van der Waals surface area contributed by atoms with E-state index in [4.69, 9.17) is 0 Å². The van der Waals surface area contributed by atoms with Gasteiger partial charge in [-0.25, -0.2) is 4.79 Å². The number of aryl methyl sites for hydroxylation is 1. The van der Waals surface area contributed by atoms with Crippen LogP contribution >= 0.6 is 0 Å². The standard InChI is InChI=1S/C22H30N4O/c1-16-11-12-19-20(24-16)22(2,3)15-26(19)21(27)23-14-18(25(4)5)13-17-9-7-6-8-10-17/h6-12,18H,13-15H2,1-5H3,(H,23,27)/t18-/m0/s1. The second-order valence-electron chi connectivity index (χ2n) is 8.28. The number of aromatic nitrogens is 1. The molecular formula is C22H30N4O. The maximum atomic E-state index is 12.9. The van der Waals surface area contributed by atoms with Crippen LogP contribution in [0.15, 0.2) is 42.5 Å². The van der Waals surface area contributed by atoms with E-state index in [2.05, 4.69) is 67.4 Å². The van der Waals surface area contributed by atoms with E-state index in [1.807, 2.05) is 30.0 Å². The average Bonchev–Trinajstić information content (AvgIpc) is 2.90. The second kappa shape index (κ2) is 7.69. The molecular weight excluding hydrogens is 336 g/mol. The quantitative estimate of drug-likeness (QED) is 0.883. The molecule has 27 heavy (non-hydrogen) atoms. The highest BCUT2D eigenvalue weighted by Crippen LogP contribution is 2.39. The van der Waals surface area contributed by atoms with E-state index < -0.39 is 0 Å². The van der Waals surface area contributed by atoms with Crippen LogP contribution in [0.3, 0.4) is 0 Å². The van der Waals surface area contributed by atoms with Crippen LogP contribution in [0, 0.1) is 6.92 Å². The summed E-state index contributed by atoms with van der Waals surface area (Å²) in [5, 5.41) is 3.14. The molecule has 3 rings (SSSR count). The van der Waals surface area contributed by atoms with Gasteiger partial charge in [0.25, 0.3) is 0 Å². The van der Waals surface area contributed by atoms with Crippen molar-refractivity contribution >= 4 is 11.7 Å². The van der Waals surface area contributed by atoms with Gasteiger partial charge in [-0.15, -0.1) is 0 Å². The number of hydrogen-bond acceptors (Lipinski definition) is 3. The van der Waals surface area contributed by atoms with Crippen LogP contribution in [0.4, 0.5) is 10.5 Å². The van der Waals surface area contributed by atoms with Gasteiger partial charge in [-0.3, -0.25) is 9.88 Å². The predicted molar refractivity (Wildman–Crippen MR) is 110 cm³/mol. The fraction of sp³-hybridized carbons (Fsp3) is 0.455. The van der Waals surface area contributed by atoms with E-state index in [-0.39, 0.29) is 17.5 Å². The Labute approximate surface area is 162 Å². The van der Waals surface area contributed by atoms with Crippen LogP contribution in [-0.2, 0) is 11.8 Å². The van der Waals surface area contributed by atoms with Gasteiger partial charge in [0.1, 0.15) is 0 Å². The molecule has 144 valence electrons. The lowest BCUT2D eigenvalue weighted by Gasteiger charge is -2.27. The lowest BCUT2D eigenvalue weighted by Crippen LogP contribution is -2.47. The number of nitrogens with one attached hydrogen (secondary N) is 1. The third kappa shape index (κ3) is 4.30. The Kier molecular flexibility index (Phi) is 5.51. The molecule has 0 spiro atoms. The van der Waals surface area contributed by atoms with Crippen molar-refractivity contribution in [2.24, 2.45) is 0 Å². The minimum absolute atomic E-state index is 0.0487. The minimum Gasteiger partial charge on any atom is -0.336 e. The van der Waals surface area contributed by atoms with Crippen molar-refractivity contribution in [3.63, 3.8) is 0 Å². The number of fused-ring (bicyclic) bond motifs is 1. The van der Waals surface area contributed by atoms with Crippen LogP contribution < -0.4 is 10.2 Å². The number of carbonyl (C=O) groups is 1. The topological polar surface area (TPSA) is 48.5 Å². The molecule has 0 unspecified atom stereocenters. The van der Waals surface area contributed by atoms with Crippen LogP contribution in [0.25, 0.3) is 0 Å². The van der Waals surface area contributed by atoms with Crippen molar-refractivity contribution in [3.8, 4) is 0 Å². The summed E-state index contributed by atoms with van der Waals surface area (Å²) in [5.41, 5.74) is 4.06. The van der Waals surface area contributed by atoms with Crippen molar-refractivity contribution in [2.45, 2.75) is 38.6 Å². The van der Waals surface area contributed by atoms with Gasteiger partial charge in [0.05, 0.1) is 11.4 Å². The first-order valence-electron chi connectivity index (χ1n) is 9.52. The summed E-state index contributed by atoms with van der Waals surface area (Å²) < 4.78 is 0. The monoisotopic (exact) mass is 366 g/mol. The molecule has 0 aliphatic carbocycles. The number of anilines is 1. The van der Waals surface area contributed by atoms with Crippen molar-refractivity contribution in [3.05, 3.63) is 59.4 Å². The number of urea groups is 1. The zero-order valence-electron chi connectivity index (χ0n) is 17.0. The molecule has 5 nitrogen and oxygen atoms in total. The summed E-state index contributed by atoms with van der Waals surface area (Å²) in [6.07, 6.45) is 0.900. The fourth-order valence-electron chi connectivity index (χ4n) is 3.63.